The van der Waals surface area contributed by atoms with Crippen LogP contribution in [0.1, 0.15) is 43.9 Å². The number of amides is 2. The molecular weight excluding hydrogens is 444 g/mol. The molecule has 2 aromatic rings. The Hall–Kier alpha value is -2.34. The Bertz CT molecular complexity index is 867. The molecule has 0 saturated heterocycles. The molecule has 2 rings (SSSR count). The minimum atomic E-state index is -0.614. The van der Waals surface area contributed by atoms with E-state index >= 15 is 0 Å². The fourth-order valence-electron chi connectivity index (χ4n) is 2.94. The summed E-state index contributed by atoms with van der Waals surface area (Å²) in [6.07, 6.45) is 0.828. The number of halogens is 1. The van der Waals surface area contributed by atoms with Crippen LogP contribution < -0.4 is 10.1 Å². The standard InChI is InChI=1S/C24H31BrN2O3/c1-6-17(3)26-24(29)19(5)27(14-20-10-12-21(25)13-11-20)23(28)15-30-22-9-7-8-16(2)18(22)4/h7-13,17,19H,6,14-15H2,1-5H3,(H,26,29)/t17-,19-/m0/s1. The highest BCUT2D eigenvalue weighted by molar-refractivity contribution is 9.10. The van der Waals surface area contributed by atoms with E-state index in [2.05, 4.69) is 21.2 Å². The summed E-state index contributed by atoms with van der Waals surface area (Å²) in [5, 5.41) is 2.97. The Morgan fingerprint density at radius 1 is 1.10 bits per heavy atom. The molecule has 30 heavy (non-hydrogen) atoms. The van der Waals surface area contributed by atoms with Gasteiger partial charge in [-0.05, 0) is 69.0 Å². The van der Waals surface area contributed by atoms with Gasteiger partial charge >= 0.3 is 0 Å². The first-order valence-corrected chi connectivity index (χ1v) is 11.1. The number of benzene rings is 2. The lowest BCUT2D eigenvalue weighted by atomic mass is 10.1. The fraction of sp³-hybridized carbons (Fsp3) is 0.417. The van der Waals surface area contributed by atoms with Gasteiger partial charge in [0.15, 0.2) is 6.61 Å². The summed E-state index contributed by atoms with van der Waals surface area (Å²) in [7, 11) is 0. The molecule has 0 aliphatic carbocycles. The summed E-state index contributed by atoms with van der Waals surface area (Å²) in [4.78, 5) is 27.4. The van der Waals surface area contributed by atoms with E-state index in [1.165, 1.54) is 0 Å². The van der Waals surface area contributed by atoms with Crippen LogP contribution in [-0.2, 0) is 16.1 Å². The van der Waals surface area contributed by atoms with E-state index in [9.17, 15) is 9.59 Å². The molecule has 1 N–H and O–H groups in total. The number of aryl methyl sites for hydroxylation is 1. The summed E-state index contributed by atoms with van der Waals surface area (Å²) in [6.45, 7) is 9.90. The SMILES string of the molecule is CC[C@H](C)NC(=O)[C@H](C)N(Cc1ccc(Br)cc1)C(=O)COc1cccc(C)c1C. The zero-order valence-electron chi connectivity index (χ0n) is 18.4. The summed E-state index contributed by atoms with van der Waals surface area (Å²) >= 11 is 3.43. The number of hydrogen-bond donors (Lipinski definition) is 1. The molecular formula is C24H31BrN2O3. The molecule has 5 nitrogen and oxygen atoms in total. The summed E-state index contributed by atoms with van der Waals surface area (Å²) in [5.74, 6) is 0.288. The lowest BCUT2D eigenvalue weighted by Crippen LogP contribution is -2.50. The number of carbonyl (C=O) groups is 2. The normalized spacial score (nSPS) is 12.7. The lowest BCUT2D eigenvalue weighted by Gasteiger charge is -2.29. The number of nitrogens with zero attached hydrogens (tertiary/aromatic N) is 1. The molecule has 0 radical (unpaired) electrons. The molecule has 0 spiro atoms. The van der Waals surface area contributed by atoms with Crippen LogP contribution in [0.15, 0.2) is 46.9 Å². The maximum atomic E-state index is 13.1. The van der Waals surface area contributed by atoms with E-state index in [0.29, 0.717) is 12.3 Å². The lowest BCUT2D eigenvalue weighted by molar-refractivity contribution is -0.142. The van der Waals surface area contributed by atoms with Crippen molar-refractivity contribution in [2.45, 2.75) is 59.7 Å². The van der Waals surface area contributed by atoms with Crippen LogP contribution in [0.5, 0.6) is 5.75 Å². The largest absolute Gasteiger partial charge is 0.483 e. The average molecular weight is 475 g/mol. The molecule has 0 saturated carbocycles. The number of hydrogen-bond acceptors (Lipinski definition) is 3. The minimum Gasteiger partial charge on any atom is -0.483 e. The van der Waals surface area contributed by atoms with Crippen LogP contribution in [0.3, 0.4) is 0 Å². The molecule has 6 heteroatoms. The second-order valence-electron chi connectivity index (χ2n) is 7.63. The van der Waals surface area contributed by atoms with E-state index in [-0.39, 0.29) is 24.5 Å². The second-order valence-corrected chi connectivity index (χ2v) is 8.54. The Morgan fingerprint density at radius 3 is 2.40 bits per heavy atom. The summed E-state index contributed by atoms with van der Waals surface area (Å²) < 4.78 is 6.78. The maximum Gasteiger partial charge on any atom is 0.261 e. The van der Waals surface area contributed by atoms with Crippen molar-refractivity contribution in [2.24, 2.45) is 0 Å². The van der Waals surface area contributed by atoms with Gasteiger partial charge in [-0.15, -0.1) is 0 Å². The summed E-state index contributed by atoms with van der Waals surface area (Å²) in [5.41, 5.74) is 3.06. The molecule has 2 amide bonds. The molecule has 0 bridgehead atoms. The molecule has 0 aliphatic rings. The van der Waals surface area contributed by atoms with Crippen molar-refractivity contribution in [3.05, 3.63) is 63.6 Å². The highest BCUT2D eigenvalue weighted by atomic mass is 79.9. The van der Waals surface area contributed by atoms with Crippen molar-refractivity contribution in [1.29, 1.82) is 0 Å². The highest BCUT2D eigenvalue weighted by Crippen LogP contribution is 2.21. The smallest absolute Gasteiger partial charge is 0.261 e. The number of carbonyl (C=O) groups excluding carboxylic acids is 2. The van der Waals surface area contributed by atoms with Gasteiger partial charge in [-0.3, -0.25) is 9.59 Å². The molecule has 2 aromatic carbocycles. The van der Waals surface area contributed by atoms with E-state index in [1.807, 2.05) is 70.2 Å². The quantitative estimate of drug-likeness (QED) is 0.568. The van der Waals surface area contributed by atoms with Gasteiger partial charge in [0.05, 0.1) is 0 Å². The average Bonchev–Trinajstić information content (AvgIpc) is 2.73. The first kappa shape index (κ1) is 23.9. The first-order valence-electron chi connectivity index (χ1n) is 10.3. The van der Waals surface area contributed by atoms with E-state index in [4.69, 9.17) is 4.74 Å². The Morgan fingerprint density at radius 2 is 1.77 bits per heavy atom. The van der Waals surface area contributed by atoms with Crippen molar-refractivity contribution in [2.75, 3.05) is 6.61 Å². The number of rotatable bonds is 9. The molecule has 0 heterocycles. The molecule has 2 atom stereocenters. The van der Waals surface area contributed by atoms with E-state index < -0.39 is 6.04 Å². The van der Waals surface area contributed by atoms with Crippen molar-refractivity contribution in [1.82, 2.24) is 10.2 Å². The Labute approximate surface area is 187 Å². The minimum absolute atomic E-state index is 0.0516. The molecule has 162 valence electrons. The van der Waals surface area contributed by atoms with Gasteiger partial charge in [0.1, 0.15) is 11.8 Å². The topological polar surface area (TPSA) is 58.6 Å². The Kier molecular flexibility index (Phi) is 8.90. The predicted molar refractivity (Wildman–Crippen MR) is 123 cm³/mol. The van der Waals surface area contributed by atoms with Crippen LogP contribution in [0.4, 0.5) is 0 Å². The van der Waals surface area contributed by atoms with Gasteiger partial charge in [0.25, 0.3) is 5.91 Å². The summed E-state index contributed by atoms with van der Waals surface area (Å²) in [6, 6.07) is 12.9. The first-order chi connectivity index (χ1) is 14.2. The maximum absolute atomic E-state index is 13.1. The zero-order chi connectivity index (χ0) is 22.3. The molecule has 0 fully saturated rings. The van der Waals surface area contributed by atoms with E-state index in [1.54, 1.807) is 11.8 Å². The number of nitrogens with one attached hydrogen (secondary N) is 1. The second kappa shape index (κ2) is 11.2. The third-order valence-electron chi connectivity index (χ3n) is 5.34. The van der Waals surface area contributed by atoms with Crippen molar-refractivity contribution in [3.8, 4) is 5.75 Å². The van der Waals surface area contributed by atoms with Crippen LogP contribution in [0.2, 0.25) is 0 Å². The van der Waals surface area contributed by atoms with Crippen LogP contribution in [0, 0.1) is 13.8 Å². The van der Waals surface area contributed by atoms with Gasteiger partial charge in [0.2, 0.25) is 5.91 Å². The van der Waals surface area contributed by atoms with Gasteiger partial charge < -0.3 is 15.0 Å². The van der Waals surface area contributed by atoms with E-state index in [0.717, 1.165) is 27.6 Å². The monoisotopic (exact) mass is 474 g/mol. The zero-order valence-corrected chi connectivity index (χ0v) is 20.0. The molecule has 0 unspecified atom stereocenters. The van der Waals surface area contributed by atoms with Gasteiger partial charge in [-0.25, -0.2) is 0 Å². The van der Waals surface area contributed by atoms with Gasteiger partial charge in [-0.1, -0.05) is 47.1 Å². The van der Waals surface area contributed by atoms with Crippen molar-refractivity contribution in [3.63, 3.8) is 0 Å². The fourth-order valence-corrected chi connectivity index (χ4v) is 3.20. The third kappa shape index (κ3) is 6.59. The van der Waals surface area contributed by atoms with Crippen LogP contribution in [-0.4, -0.2) is 35.4 Å². The van der Waals surface area contributed by atoms with Gasteiger partial charge in [-0.2, -0.15) is 0 Å². The highest BCUT2D eigenvalue weighted by Gasteiger charge is 2.27. The van der Waals surface area contributed by atoms with Crippen molar-refractivity contribution < 1.29 is 14.3 Å². The predicted octanol–water partition coefficient (Wildman–Crippen LogP) is 4.78. The Balaban J connectivity index is 2.17. The molecule has 0 aromatic heterocycles. The van der Waals surface area contributed by atoms with Crippen LogP contribution in [0.25, 0.3) is 0 Å². The third-order valence-corrected chi connectivity index (χ3v) is 5.87. The van der Waals surface area contributed by atoms with Crippen molar-refractivity contribution >= 4 is 27.7 Å². The number of ether oxygens (including phenoxy) is 1. The molecule has 0 aliphatic heterocycles. The van der Waals surface area contributed by atoms with Crippen LogP contribution >= 0.6 is 15.9 Å². The van der Waals surface area contributed by atoms with Gasteiger partial charge in [0, 0.05) is 17.1 Å².